The van der Waals surface area contributed by atoms with Crippen molar-refractivity contribution in [3.8, 4) is 5.75 Å². The molecule has 3 aromatic rings. The smallest absolute Gasteiger partial charge is 0.246 e. The first-order chi connectivity index (χ1) is 14.7. The Morgan fingerprint density at radius 2 is 1.70 bits per heavy atom. The van der Waals surface area contributed by atoms with Crippen molar-refractivity contribution >= 4 is 12.1 Å². The van der Waals surface area contributed by atoms with Gasteiger partial charge in [-0.2, -0.15) is 5.10 Å². The van der Waals surface area contributed by atoms with E-state index in [0.717, 1.165) is 22.4 Å². The lowest BCUT2D eigenvalue weighted by atomic mass is 10.1. The summed E-state index contributed by atoms with van der Waals surface area (Å²) >= 11 is 0. The van der Waals surface area contributed by atoms with E-state index in [1.54, 1.807) is 13.3 Å². The third-order valence-corrected chi connectivity index (χ3v) is 5.37. The SMILES string of the molecule is CO[C@@]1(c2ccccc2)C[C@@H]1C(=O)N/N=C\c1ccc(OCc2ccccc2)cc1. The van der Waals surface area contributed by atoms with Gasteiger partial charge in [0.05, 0.1) is 12.1 Å². The van der Waals surface area contributed by atoms with Gasteiger partial charge >= 0.3 is 0 Å². The summed E-state index contributed by atoms with van der Waals surface area (Å²) in [6.07, 6.45) is 2.28. The topological polar surface area (TPSA) is 59.9 Å². The molecule has 0 bridgehead atoms. The van der Waals surface area contributed by atoms with Gasteiger partial charge in [0.1, 0.15) is 18.0 Å². The molecule has 0 unspecified atom stereocenters. The minimum absolute atomic E-state index is 0.139. The van der Waals surface area contributed by atoms with Gasteiger partial charge in [-0.15, -0.1) is 0 Å². The quantitative estimate of drug-likeness (QED) is 0.454. The van der Waals surface area contributed by atoms with E-state index in [9.17, 15) is 4.79 Å². The van der Waals surface area contributed by atoms with E-state index in [0.29, 0.717) is 13.0 Å². The lowest BCUT2D eigenvalue weighted by Crippen LogP contribution is -2.25. The molecule has 1 aliphatic rings. The molecule has 0 aliphatic heterocycles. The number of hydrogen-bond donors (Lipinski definition) is 1. The maximum Gasteiger partial charge on any atom is 0.246 e. The molecule has 0 radical (unpaired) electrons. The number of amides is 1. The predicted molar refractivity (Wildman–Crippen MR) is 116 cm³/mol. The zero-order valence-electron chi connectivity index (χ0n) is 16.8. The fraction of sp³-hybridized carbons (Fsp3) is 0.200. The van der Waals surface area contributed by atoms with Crippen LogP contribution >= 0.6 is 0 Å². The molecule has 5 heteroatoms. The van der Waals surface area contributed by atoms with Crippen molar-refractivity contribution in [3.63, 3.8) is 0 Å². The molecule has 0 aromatic heterocycles. The van der Waals surface area contributed by atoms with Crippen molar-refractivity contribution in [3.05, 3.63) is 102 Å². The summed E-state index contributed by atoms with van der Waals surface area (Å²) in [5.41, 5.74) is 5.10. The molecule has 4 rings (SSSR count). The average molecular weight is 400 g/mol. The van der Waals surface area contributed by atoms with E-state index in [1.807, 2.05) is 84.9 Å². The van der Waals surface area contributed by atoms with E-state index >= 15 is 0 Å². The van der Waals surface area contributed by atoms with E-state index in [1.165, 1.54) is 0 Å². The fourth-order valence-electron chi connectivity index (χ4n) is 3.57. The fourth-order valence-corrected chi connectivity index (χ4v) is 3.57. The number of carbonyl (C=O) groups excluding carboxylic acids is 1. The summed E-state index contributed by atoms with van der Waals surface area (Å²) in [7, 11) is 1.64. The Morgan fingerprint density at radius 3 is 2.37 bits per heavy atom. The van der Waals surface area contributed by atoms with Crippen molar-refractivity contribution in [2.45, 2.75) is 18.6 Å². The van der Waals surface area contributed by atoms with E-state index in [-0.39, 0.29) is 11.8 Å². The monoisotopic (exact) mass is 400 g/mol. The molecule has 3 aromatic carbocycles. The maximum absolute atomic E-state index is 12.5. The van der Waals surface area contributed by atoms with Crippen LogP contribution in [0.2, 0.25) is 0 Å². The molecular formula is C25H24N2O3. The van der Waals surface area contributed by atoms with Crippen LogP contribution in [0, 0.1) is 5.92 Å². The first-order valence-corrected chi connectivity index (χ1v) is 9.92. The Bertz CT molecular complexity index is 1000. The molecule has 1 N–H and O–H groups in total. The van der Waals surface area contributed by atoms with E-state index in [2.05, 4.69) is 10.5 Å². The van der Waals surface area contributed by atoms with Crippen LogP contribution in [0.15, 0.2) is 90.0 Å². The van der Waals surface area contributed by atoms with Gasteiger partial charge in [0, 0.05) is 7.11 Å². The van der Waals surface area contributed by atoms with Crippen molar-refractivity contribution < 1.29 is 14.3 Å². The van der Waals surface area contributed by atoms with Crippen LogP contribution in [0.4, 0.5) is 0 Å². The Morgan fingerprint density at radius 1 is 1.03 bits per heavy atom. The van der Waals surface area contributed by atoms with Crippen LogP contribution in [0.3, 0.4) is 0 Å². The molecule has 0 heterocycles. The van der Waals surface area contributed by atoms with Crippen LogP contribution in [0.5, 0.6) is 5.75 Å². The summed E-state index contributed by atoms with van der Waals surface area (Å²) in [5, 5.41) is 4.10. The number of nitrogens with zero attached hydrogens (tertiary/aromatic N) is 1. The van der Waals surface area contributed by atoms with Crippen molar-refractivity contribution in [2.24, 2.45) is 11.0 Å². The summed E-state index contributed by atoms with van der Waals surface area (Å²) in [4.78, 5) is 12.5. The maximum atomic E-state index is 12.5. The standard InChI is InChI=1S/C25H24N2O3/c1-29-25(21-10-6-3-7-11-21)16-23(25)24(28)27-26-17-19-12-14-22(15-13-19)30-18-20-8-4-2-5-9-20/h2-15,17,23H,16,18H2,1H3,(H,27,28)/b26-17-/t23-,25-/m1/s1. The molecule has 2 atom stereocenters. The first-order valence-electron chi connectivity index (χ1n) is 9.92. The lowest BCUT2D eigenvalue weighted by Gasteiger charge is -2.15. The molecule has 1 aliphatic carbocycles. The lowest BCUT2D eigenvalue weighted by molar-refractivity contribution is -0.124. The molecule has 30 heavy (non-hydrogen) atoms. The minimum Gasteiger partial charge on any atom is -0.489 e. The van der Waals surface area contributed by atoms with Crippen LogP contribution < -0.4 is 10.2 Å². The Balaban J connectivity index is 1.29. The number of nitrogens with one attached hydrogen (secondary N) is 1. The molecule has 1 fully saturated rings. The van der Waals surface area contributed by atoms with Gasteiger partial charge in [-0.1, -0.05) is 60.7 Å². The number of carbonyl (C=O) groups is 1. The van der Waals surface area contributed by atoms with Gasteiger partial charge in [-0.05, 0) is 47.4 Å². The number of benzene rings is 3. The molecule has 5 nitrogen and oxygen atoms in total. The van der Waals surface area contributed by atoms with Crippen molar-refractivity contribution in [2.75, 3.05) is 7.11 Å². The minimum atomic E-state index is -0.543. The van der Waals surface area contributed by atoms with Crippen LogP contribution in [0.1, 0.15) is 23.1 Å². The zero-order chi connectivity index (χ0) is 20.8. The average Bonchev–Trinajstić information content (AvgIpc) is 3.56. The highest BCUT2D eigenvalue weighted by molar-refractivity contribution is 5.86. The predicted octanol–water partition coefficient (Wildman–Crippen LogP) is 4.28. The first kappa shape index (κ1) is 19.9. The van der Waals surface area contributed by atoms with Crippen LogP contribution in [0.25, 0.3) is 0 Å². The molecule has 152 valence electrons. The second-order valence-electron chi connectivity index (χ2n) is 7.29. The Labute approximate surface area is 176 Å². The second-order valence-corrected chi connectivity index (χ2v) is 7.29. The third kappa shape index (κ3) is 4.42. The van der Waals surface area contributed by atoms with Crippen LogP contribution in [-0.4, -0.2) is 19.2 Å². The normalized spacial score (nSPS) is 20.1. The zero-order valence-corrected chi connectivity index (χ0v) is 16.8. The number of methoxy groups -OCH3 is 1. The molecule has 1 amide bonds. The van der Waals surface area contributed by atoms with E-state index in [4.69, 9.17) is 9.47 Å². The number of rotatable bonds is 8. The molecule has 0 spiro atoms. The number of ether oxygens (including phenoxy) is 2. The van der Waals surface area contributed by atoms with Gasteiger partial charge < -0.3 is 9.47 Å². The van der Waals surface area contributed by atoms with Gasteiger partial charge in [0.15, 0.2) is 0 Å². The Kier molecular flexibility index (Phi) is 5.91. The summed E-state index contributed by atoms with van der Waals surface area (Å²) in [6, 6.07) is 27.4. The van der Waals surface area contributed by atoms with Crippen molar-refractivity contribution in [1.29, 1.82) is 0 Å². The highest BCUT2D eigenvalue weighted by atomic mass is 16.5. The second kappa shape index (κ2) is 8.93. The Hall–Kier alpha value is -3.44. The van der Waals surface area contributed by atoms with Gasteiger partial charge in [0.25, 0.3) is 0 Å². The molecule has 0 saturated heterocycles. The van der Waals surface area contributed by atoms with E-state index < -0.39 is 5.60 Å². The van der Waals surface area contributed by atoms with Crippen LogP contribution in [-0.2, 0) is 21.7 Å². The highest BCUT2D eigenvalue weighted by Gasteiger charge is 2.60. The van der Waals surface area contributed by atoms with Crippen molar-refractivity contribution in [1.82, 2.24) is 5.43 Å². The van der Waals surface area contributed by atoms with Gasteiger partial charge in [0.2, 0.25) is 5.91 Å². The van der Waals surface area contributed by atoms with Gasteiger partial charge in [-0.25, -0.2) is 5.43 Å². The summed E-state index contributed by atoms with van der Waals surface area (Å²) in [6.45, 7) is 0.522. The summed E-state index contributed by atoms with van der Waals surface area (Å²) < 4.78 is 11.5. The molecular weight excluding hydrogens is 376 g/mol. The number of hydrazone groups is 1. The highest BCUT2D eigenvalue weighted by Crippen LogP contribution is 2.54. The largest absolute Gasteiger partial charge is 0.489 e. The molecule has 1 saturated carbocycles. The third-order valence-electron chi connectivity index (χ3n) is 5.37. The summed E-state index contributed by atoms with van der Waals surface area (Å²) in [5.74, 6) is 0.404. The number of hydrogen-bond acceptors (Lipinski definition) is 4. The van der Waals surface area contributed by atoms with Gasteiger partial charge in [-0.3, -0.25) is 4.79 Å².